The van der Waals surface area contributed by atoms with Crippen molar-refractivity contribution in [2.45, 2.75) is 33.6 Å². The van der Waals surface area contributed by atoms with Gasteiger partial charge in [-0.2, -0.15) is 0 Å². The average molecular weight is 382 g/mol. The lowest BCUT2D eigenvalue weighted by Crippen LogP contribution is -2.32. The molecule has 0 bridgehead atoms. The molecule has 0 unspecified atom stereocenters. The van der Waals surface area contributed by atoms with Crippen LogP contribution >= 0.6 is 0 Å². The normalized spacial score (nSPS) is 10.2. The number of hydrogen-bond acceptors (Lipinski definition) is 4. The zero-order valence-corrected chi connectivity index (χ0v) is 16.5. The van der Waals surface area contributed by atoms with Crippen molar-refractivity contribution in [2.75, 3.05) is 23.4 Å². The van der Waals surface area contributed by atoms with E-state index in [1.54, 1.807) is 36.1 Å². The van der Waals surface area contributed by atoms with Crippen molar-refractivity contribution in [1.82, 2.24) is 0 Å². The maximum absolute atomic E-state index is 12.5. The first-order chi connectivity index (χ1) is 13.5. The third kappa shape index (κ3) is 5.42. The lowest BCUT2D eigenvalue weighted by molar-refractivity contribution is -0.117. The van der Waals surface area contributed by atoms with E-state index in [1.807, 2.05) is 31.2 Å². The quantitative estimate of drug-likeness (QED) is 0.705. The van der Waals surface area contributed by atoms with Crippen LogP contribution in [0, 0.1) is 0 Å². The van der Waals surface area contributed by atoms with Crippen molar-refractivity contribution >= 4 is 29.2 Å². The van der Waals surface area contributed by atoms with Crippen molar-refractivity contribution in [3.63, 3.8) is 0 Å². The van der Waals surface area contributed by atoms with Gasteiger partial charge in [0, 0.05) is 25.6 Å². The highest BCUT2D eigenvalue weighted by atomic mass is 16.5. The Labute approximate surface area is 165 Å². The second kappa shape index (κ2) is 10.3. The van der Waals surface area contributed by atoms with Crippen molar-refractivity contribution in [3.05, 3.63) is 59.7 Å². The fraction of sp³-hybridized carbons (Fsp3) is 0.318. The summed E-state index contributed by atoms with van der Waals surface area (Å²) in [6, 6.07) is 14.4. The first kappa shape index (κ1) is 21.2. The van der Waals surface area contributed by atoms with Crippen LogP contribution in [0.2, 0.25) is 0 Å². The molecule has 0 radical (unpaired) electrons. The van der Waals surface area contributed by atoms with Gasteiger partial charge < -0.3 is 15.0 Å². The average Bonchev–Trinajstić information content (AvgIpc) is 2.68. The van der Waals surface area contributed by atoms with Crippen molar-refractivity contribution in [1.29, 1.82) is 0 Å². The highest BCUT2D eigenvalue weighted by Crippen LogP contribution is 2.22. The Kier molecular flexibility index (Phi) is 7.75. The highest BCUT2D eigenvalue weighted by molar-refractivity contribution is 6.01. The summed E-state index contributed by atoms with van der Waals surface area (Å²) in [5.41, 5.74) is 2.56. The molecule has 0 saturated carbocycles. The van der Waals surface area contributed by atoms with Crippen LogP contribution < -0.4 is 10.2 Å². The smallest absolute Gasteiger partial charge is 0.340 e. The molecule has 2 aromatic carbocycles. The monoisotopic (exact) mass is 382 g/mol. The van der Waals surface area contributed by atoms with Crippen LogP contribution in [0.5, 0.6) is 0 Å². The molecule has 6 nitrogen and oxygen atoms in total. The molecule has 0 spiro atoms. The van der Waals surface area contributed by atoms with E-state index < -0.39 is 5.97 Å². The van der Waals surface area contributed by atoms with E-state index in [4.69, 9.17) is 4.74 Å². The molecule has 2 rings (SSSR count). The Balaban J connectivity index is 2.09. The number of hydrogen-bond donors (Lipinski definition) is 1. The van der Waals surface area contributed by atoms with Crippen LogP contribution in [0.3, 0.4) is 0 Å². The molecule has 0 aromatic heterocycles. The SMILES string of the molecule is CCOC(=O)c1ccccc1NC(=O)CCN(C(C)=O)c1ccccc1CC. The topological polar surface area (TPSA) is 75.7 Å². The number of ether oxygens (including phenoxy) is 1. The molecular formula is C22H26N2O4. The minimum atomic E-state index is -0.486. The molecule has 2 amide bonds. The lowest BCUT2D eigenvalue weighted by Gasteiger charge is -2.23. The fourth-order valence-electron chi connectivity index (χ4n) is 2.93. The van der Waals surface area contributed by atoms with Gasteiger partial charge in [0.25, 0.3) is 0 Å². The summed E-state index contributed by atoms with van der Waals surface area (Å²) in [7, 11) is 0. The van der Waals surface area contributed by atoms with E-state index in [1.165, 1.54) is 6.92 Å². The van der Waals surface area contributed by atoms with E-state index in [9.17, 15) is 14.4 Å². The molecule has 6 heteroatoms. The zero-order chi connectivity index (χ0) is 20.5. The summed E-state index contributed by atoms with van der Waals surface area (Å²) in [5.74, 6) is -0.891. The predicted octanol–water partition coefficient (Wildman–Crippen LogP) is 3.81. The van der Waals surface area contributed by atoms with Gasteiger partial charge >= 0.3 is 5.97 Å². The van der Waals surface area contributed by atoms with Gasteiger partial charge in [-0.05, 0) is 37.1 Å². The van der Waals surface area contributed by atoms with Gasteiger partial charge in [0.15, 0.2) is 0 Å². The molecule has 1 N–H and O–H groups in total. The zero-order valence-electron chi connectivity index (χ0n) is 16.5. The fourth-order valence-corrected chi connectivity index (χ4v) is 2.93. The van der Waals surface area contributed by atoms with Gasteiger partial charge in [0.2, 0.25) is 11.8 Å². The highest BCUT2D eigenvalue weighted by Gasteiger charge is 2.18. The van der Waals surface area contributed by atoms with Gasteiger partial charge in [-0.25, -0.2) is 4.79 Å². The number of para-hydroxylation sites is 2. The van der Waals surface area contributed by atoms with E-state index >= 15 is 0 Å². The Morgan fingerprint density at radius 2 is 1.68 bits per heavy atom. The number of nitrogens with zero attached hydrogens (tertiary/aromatic N) is 1. The van der Waals surface area contributed by atoms with Crippen LogP contribution in [0.25, 0.3) is 0 Å². The second-order valence-electron chi connectivity index (χ2n) is 6.22. The number of aryl methyl sites for hydroxylation is 1. The maximum atomic E-state index is 12.5. The standard InChI is InChI=1S/C22H26N2O4/c1-4-17-10-6-9-13-20(17)24(16(3)25)15-14-21(26)23-19-12-8-7-11-18(19)22(27)28-5-2/h6-13H,4-5,14-15H2,1-3H3,(H,23,26). The van der Waals surface area contributed by atoms with Crippen LogP contribution in [-0.2, 0) is 20.7 Å². The Bertz CT molecular complexity index is 848. The number of anilines is 2. The lowest BCUT2D eigenvalue weighted by atomic mass is 10.1. The Morgan fingerprint density at radius 1 is 1.00 bits per heavy atom. The molecule has 0 saturated heterocycles. The van der Waals surface area contributed by atoms with Crippen LogP contribution in [0.1, 0.15) is 43.1 Å². The predicted molar refractivity (Wildman–Crippen MR) is 109 cm³/mol. The summed E-state index contributed by atoms with van der Waals surface area (Å²) < 4.78 is 5.02. The third-order valence-corrected chi connectivity index (χ3v) is 4.30. The van der Waals surface area contributed by atoms with Crippen LogP contribution in [0.15, 0.2) is 48.5 Å². The first-order valence-corrected chi connectivity index (χ1v) is 9.39. The van der Waals surface area contributed by atoms with Crippen molar-refractivity contribution in [2.24, 2.45) is 0 Å². The van der Waals surface area contributed by atoms with Crippen LogP contribution in [0.4, 0.5) is 11.4 Å². The first-order valence-electron chi connectivity index (χ1n) is 9.39. The van der Waals surface area contributed by atoms with Crippen LogP contribution in [-0.4, -0.2) is 30.9 Å². The number of benzene rings is 2. The van der Waals surface area contributed by atoms with E-state index in [2.05, 4.69) is 5.32 Å². The molecule has 0 aliphatic carbocycles. The number of nitrogens with one attached hydrogen (secondary N) is 1. The van der Waals surface area contributed by atoms with Crippen molar-refractivity contribution in [3.8, 4) is 0 Å². The van der Waals surface area contributed by atoms with Gasteiger partial charge in [-0.1, -0.05) is 37.3 Å². The van der Waals surface area contributed by atoms with E-state index in [0.717, 1.165) is 17.7 Å². The van der Waals surface area contributed by atoms with E-state index in [-0.39, 0.29) is 31.4 Å². The molecule has 0 heterocycles. The largest absolute Gasteiger partial charge is 0.462 e. The summed E-state index contributed by atoms with van der Waals surface area (Å²) in [6.07, 6.45) is 0.897. The summed E-state index contributed by atoms with van der Waals surface area (Å²) in [5, 5.41) is 2.75. The molecule has 0 fully saturated rings. The second-order valence-corrected chi connectivity index (χ2v) is 6.22. The van der Waals surface area contributed by atoms with Gasteiger partial charge in [0.1, 0.15) is 0 Å². The minimum Gasteiger partial charge on any atom is -0.462 e. The maximum Gasteiger partial charge on any atom is 0.340 e. The molecule has 2 aromatic rings. The summed E-state index contributed by atoms with van der Waals surface area (Å²) in [4.78, 5) is 38.2. The number of carbonyl (C=O) groups excluding carboxylic acids is 3. The van der Waals surface area contributed by atoms with Gasteiger partial charge in [0.05, 0.1) is 17.9 Å². The molecule has 0 atom stereocenters. The van der Waals surface area contributed by atoms with Crippen molar-refractivity contribution < 1.29 is 19.1 Å². The van der Waals surface area contributed by atoms with Gasteiger partial charge in [-0.3, -0.25) is 9.59 Å². The minimum absolute atomic E-state index is 0.106. The Morgan fingerprint density at radius 3 is 2.36 bits per heavy atom. The van der Waals surface area contributed by atoms with E-state index in [0.29, 0.717) is 11.3 Å². The molecule has 28 heavy (non-hydrogen) atoms. The number of carbonyl (C=O) groups is 3. The summed E-state index contributed by atoms with van der Waals surface area (Å²) in [6.45, 7) is 5.74. The summed E-state index contributed by atoms with van der Waals surface area (Å²) >= 11 is 0. The third-order valence-electron chi connectivity index (χ3n) is 4.30. The molecule has 0 aliphatic rings. The number of rotatable bonds is 8. The number of amides is 2. The molecule has 0 aliphatic heterocycles. The molecule has 148 valence electrons. The van der Waals surface area contributed by atoms with Gasteiger partial charge in [-0.15, -0.1) is 0 Å². The number of esters is 1. The Hall–Kier alpha value is -3.15. The molecular weight excluding hydrogens is 356 g/mol.